The van der Waals surface area contributed by atoms with E-state index in [1.807, 2.05) is 61.8 Å². The van der Waals surface area contributed by atoms with Gasteiger partial charge >= 0.3 is 0 Å². The Balaban J connectivity index is 2.36. The standard InChI is InChI=1S/C17H12N2O/c1-19-10-14-11-6-2-3-7-12(11)17(20)18-16(14)13-8-4-5-9-15(13)19/h2-10H,1H3. The van der Waals surface area contributed by atoms with Crippen LogP contribution in [0.5, 0.6) is 0 Å². The molecular weight excluding hydrogens is 248 g/mol. The van der Waals surface area contributed by atoms with Crippen molar-refractivity contribution in [3.8, 4) is 11.3 Å². The van der Waals surface area contributed by atoms with Gasteiger partial charge in [0.05, 0.1) is 5.69 Å². The molecule has 0 spiro atoms. The highest BCUT2D eigenvalue weighted by Gasteiger charge is 2.15. The van der Waals surface area contributed by atoms with Gasteiger partial charge in [-0.25, -0.2) is 4.98 Å². The fourth-order valence-corrected chi connectivity index (χ4v) is 2.83. The van der Waals surface area contributed by atoms with Crippen LogP contribution < -0.4 is 5.56 Å². The summed E-state index contributed by atoms with van der Waals surface area (Å²) in [6.45, 7) is 0. The van der Waals surface area contributed by atoms with Gasteiger partial charge in [0.1, 0.15) is 0 Å². The molecule has 0 amide bonds. The van der Waals surface area contributed by atoms with Crippen LogP contribution in [0.15, 0.2) is 59.5 Å². The Morgan fingerprint density at radius 3 is 2.35 bits per heavy atom. The number of benzene rings is 2. The summed E-state index contributed by atoms with van der Waals surface area (Å²) < 4.78 is 2.08. The van der Waals surface area contributed by atoms with Crippen molar-refractivity contribution >= 4 is 21.7 Å². The van der Waals surface area contributed by atoms with Crippen LogP contribution >= 0.6 is 0 Å². The predicted octanol–water partition coefficient (Wildman–Crippen LogP) is 3.19. The van der Waals surface area contributed by atoms with Gasteiger partial charge in [-0.15, -0.1) is 0 Å². The molecule has 0 atom stereocenters. The van der Waals surface area contributed by atoms with Gasteiger partial charge in [0.25, 0.3) is 5.56 Å². The first-order valence-corrected chi connectivity index (χ1v) is 6.52. The lowest BCUT2D eigenvalue weighted by Crippen LogP contribution is -2.10. The van der Waals surface area contributed by atoms with Gasteiger partial charge in [0, 0.05) is 35.1 Å². The zero-order valence-electron chi connectivity index (χ0n) is 11.0. The second-order valence-corrected chi connectivity index (χ2v) is 4.98. The van der Waals surface area contributed by atoms with Crippen molar-refractivity contribution in [2.75, 3.05) is 0 Å². The smallest absolute Gasteiger partial charge is 0.278 e. The normalized spacial score (nSPS) is 11.4. The van der Waals surface area contributed by atoms with Crippen LogP contribution in [-0.2, 0) is 7.05 Å². The molecule has 2 aromatic rings. The third kappa shape index (κ3) is 1.40. The monoisotopic (exact) mass is 260 g/mol. The van der Waals surface area contributed by atoms with Crippen molar-refractivity contribution in [3.05, 3.63) is 65.1 Å². The summed E-state index contributed by atoms with van der Waals surface area (Å²) in [4.78, 5) is 16.5. The highest BCUT2D eigenvalue weighted by Crippen LogP contribution is 2.32. The number of hydrogen-bond donors (Lipinski definition) is 0. The van der Waals surface area contributed by atoms with Gasteiger partial charge in [0.15, 0.2) is 0 Å². The zero-order valence-corrected chi connectivity index (χ0v) is 11.0. The maximum Gasteiger partial charge on any atom is 0.278 e. The van der Waals surface area contributed by atoms with E-state index in [2.05, 4.69) is 9.55 Å². The molecule has 2 heterocycles. The minimum atomic E-state index is -0.160. The van der Waals surface area contributed by atoms with Crippen molar-refractivity contribution in [2.45, 2.75) is 0 Å². The maximum atomic E-state index is 12.2. The molecule has 3 nitrogen and oxygen atoms in total. The van der Waals surface area contributed by atoms with E-state index in [1.54, 1.807) is 0 Å². The van der Waals surface area contributed by atoms with Gasteiger partial charge in [-0.2, -0.15) is 0 Å². The molecule has 0 saturated carbocycles. The number of aromatic nitrogens is 2. The summed E-state index contributed by atoms with van der Waals surface area (Å²) in [5.41, 5.74) is 2.71. The third-order valence-corrected chi connectivity index (χ3v) is 3.78. The molecule has 20 heavy (non-hydrogen) atoms. The molecule has 0 N–H and O–H groups in total. The summed E-state index contributed by atoms with van der Waals surface area (Å²) in [7, 11) is 2.02. The zero-order chi connectivity index (χ0) is 13.7. The summed E-state index contributed by atoms with van der Waals surface area (Å²) in [5, 5.41) is 2.65. The molecule has 0 saturated heterocycles. The van der Waals surface area contributed by atoms with E-state index in [0.29, 0.717) is 5.39 Å². The summed E-state index contributed by atoms with van der Waals surface area (Å²) in [6, 6.07) is 15.7. The number of nitrogens with zero attached hydrogens (tertiary/aromatic N) is 2. The van der Waals surface area contributed by atoms with Gasteiger partial charge in [-0.3, -0.25) is 4.79 Å². The van der Waals surface area contributed by atoms with Crippen LogP contribution in [0.4, 0.5) is 0 Å². The largest absolute Gasteiger partial charge is 0.350 e. The molecule has 0 bridgehead atoms. The van der Waals surface area contributed by atoms with Crippen LogP contribution in [0, 0.1) is 0 Å². The Labute approximate surface area is 115 Å². The lowest BCUT2D eigenvalue weighted by molar-refractivity contribution is 0.953. The first kappa shape index (κ1) is 11.2. The molecule has 0 unspecified atom stereocenters. The molecule has 0 radical (unpaired) electrons. The van der Waals surface area contributed by atoms with Crippen LogP contribution in [-0.4, -0.2) is 9.55 Å². The van der Waals surface area contributed by atoms with Gasteiger partial charge in [-0.05, 0) is 17.5 Å². The summed E-state index contributed by atoms with van der Waals surface area (Å²) in [6.07, 6.45) is 2.05. The molecule has 0 aromatic heterocycles. The quantitative estimate of drug-likeness (QED) is 0.455. The number of pyridine rings is 2. The van der Waals surface area contributed by atoms with Gasteiger partial charge < -0.3 is 4.57 Å². The minimum absolute atomic E-state index is 0.160. The second-order valence-electron chi connectivity index (χ2n) is 4.98. The number of rotatable bonds is 0. The topological polar surface area (TPSA) is 34.9 Å². The molecule has 2 aliphatic heterocycles. The number of para-hydroxylation sites is 1. The van der Waals surface area contributed by atoms with Crippen LogP contribution in [0.25, 0.3) is 32.9 Å². The average Bonchev–Trinajstić information content (AvgIpc) is 2.49. The Bertz CT molecular complexity index is 985. The fourth-order valence-electron chi connectivity index (χ4n) is 2.83. The van der Waals surface area contributed by atoms with E-state index in [4.69, 9.17) is 0 Å². The first-order chi connectivity index (χ1) is 9.75. The average molecular weight is 260 g/mol. The van der Waals surface area contributed by atoms with Crippen molar-refractivity contribution in [3.63, 3.8) is 0 Å². The van der Waals surface area contributed by atoms with Crippen LogP contribution in [0.3, 0.4) is 0 Å². The van der Waals surface area contributed by atoms with Crippen LogP contribution in [0.2, 0.25) is 0 Å². The van der Waals surface area contributed by atoms with Gasteiger partial charge in [0.2, 0.25) is 0 Å². The molecule has 96 valence electrons. The summed E-state index contributed by atoms with van der Waals surface area (Å²) in [5.74, 6) is 0. The molecule has 2 aliphatic rings. The third-order valence-electron chi connectivity index (χ3n) is 3.78. The predicted molar refractivity (Wildman–Crippen MR) is 81.1 cm³/mol. The SMILES string of the molecule is Cn1cc2c3ccccc3c(=O)nc-2c2ccccc21. The first-order valence-electron chi connectivity index (χ1n) is 6.52. The van der Waals surface area contributed by atoms with E-state index in [-0.39, 0.29) is 5.56 Å². The fraction of sp³-hybridized carbons (Fsp3) is 0.0588. The second kappa shape index (κ2) is 3.90. The molecule has 2 aromatic carbocycles. The lowest BCUT2D eigenvalue weighted by Gasteiger charge is -2.14. The molecule has 3 heteroatoms. The van der Waals surface area contributed by atoms with Gasteiger partial charge in [-0.1, -0.05) is 36.4 Å². The van der Waals surface area contributed by atoms with E-state index in [1.165, 1.54) is 0 Å². The molecule has 4 rings (SSSR count). The number of fused-ring (bicyclic) bond motifs is 5. The van der Waals surface area contributed by atoms with E-state index >= 15 is 0 Å². The van der Waals surface area contributed by atoms with E-state index < -0.39 is 0 Å². The molecular formula is C17H12N2O. The molecule has 0 fully saturated rings. The van der Waals surface area contributed by atoms with E-state index in [0.717, 1.165) is 27.5 Å². The van der Waals surface area contributed by atoms with Crippen molar-refractivity contribution in [1.29, 1.82) is 0 Å². The maximum absolute atomic E-state index is 12.2. The van der Waals surface area contributed by atoms with E-state index in [9.17, 15) is 4.79 Å². The van der Waals surface area contributed by atoms with Crippen molar-refractivity contribution in [1.82, 2.24) is 9.55 Å². The Hall–Kier alpha value is -2.68. The lowest BCUT2D eigenvalue weighted by atomic mass is 10.00. The Kier molecular flexibility index (Phi) is 2.18. The highest BCUT2D eigenvalue weighted by molar-refractivity contribution is 6.04. The van der Waals surface area contributed by atoms with Crippen molar-refractivity contribution < 1.29 is 0 Å². The Morgan fingerprint density at radius 2 is 1.55 bits per heavy atom. The highest BCUT2D eigenvalue weighted by atomic mass is 16.1. The number of hydrogen-bond acceptors (Lipinski definition) is 2. The van der Waals surface area contributed by atoms with Crippen LogP contribution in [0.1, 0.15) is 0 Å². The van der Waals surface area contributed by atoms with Crippen molar-refractivity contribution in [2.24, 2.45) is 7.05 Å². The number of aryl methyl sites for hydroxylation is 1. The molecule has 0 aliphatic carbocycles. The minimum Gasteiger partial charge on any atom is -0.350 e. The summed E-state index contributed by atoms with van der Waals surface area (Å²) >= 11 is 0. The Morgan fingerprint density at radius 1 is 0.900 bits per heavy atom.